The molecule has 0 saturated heterocycles. The Labute approximate surface area is 173 Å². The molecule has 0 aliphatic heterocycles. The van der Waals surface area contributed by atoms with Gasteiger partial charge in [0, 0.05) is 56.4 Å². The van der Waals surface area contributed by atoms with Gasteiger partial charge in [-0.15, -0.1) is 4.99 Å². The van der Waals surface area contributed by atoms with Crippen LogP contribution in [-0.4, -0.2) is 62.5 Å². The number of benzene rings is 1. The van der Waals surface area contributed by atoms with E-state index in [0.29, 0.717) is 37.8 Å². The number of methoxy groups -OCH3 is 2. The lowest BCUT2D eigenvalue weighted by molar-refractivity contribution is 0.149. The van der Waals surface area contributed by atoms with E-state index in [1.807, 2.05) is 4.90 Å². The fourth-order valence-corrected chi connectivity index (χ4v) is 2.53. The Morgan fingerprint density at radius 3 is 2.33 bits per heavy atom. The normalized spacial score (nSPS) is 10.5. The van der Waals surface area contributed by atoms with Crippen molar-refractivity contribution in [1.82, 2.24) is 9.97 Å². The van der Waals surface area contributed by atoms with Gasteiger partial charge in [0.2, 0.25) is 5.95 Å². The van der Waals surface area contributed by atoms with Crippen molar-refractivity contribution in [2.24, 2.45) is 16.5 Å². The predicted octanol–water partition coefficient (Wildman–Crippen LogP) is 1.29. The molecule has 1 heterocycles. The third kappa shape index (κ3) is 6.64. The standard InChI is InChI=1S/C19H25FN6O4/c1-28-8-6-26(7-9-29-2)18-23-10-14(11-24-18)15-5-3-4-13(16(15)20)12-30-19(27)25-17(21)22/h3-5,10-11H,6-9,12H2,1-2H3,(H4,21,22,25,27). The zero-order valence-electron chi connectivity index (χ0n) is 16.9. The number of hydrogen-bond donors (Lipinski definition) is 2. The summed E-state index contributed by atoms with van der Waals surface area (Å²) >= 11 is 0. The van der Waals surface area contributed by atoms with Crippen LogP contribution in [0.3, 0.4) is 0 Å². The maximum absolute atomic E-state index is 14.9. The second-order valence-electron chi connectivity index (χ2n) is 6.11. The highest BCUT2D eigenvalue weighted by atomic mass is 19.1. The summed E-state index contributed by atoms with van der Waals surface area (Å²) in [7, 11) is 3.23. The smallest absolute Gasteiger partial charge is 0.437 e. The molecule has 0 bridgehead atoms. The SMILES string of the molecule is COCCN(CCOC)c1ncc(-c2cccc(COC(=O)N=C(N)N)c2F)cn1. The Hall–Kier alpha value is -3.31. The van der Waals surface area contributed by atoms with Gasteiger partial charge in [-0.05, 0) is 0 Å². The number of halogens is 1. The molecule has 0 aliphatic carbocycles. The van der Waals surface area contributed by atoms with Crippen molar-refractivity contribution in [2.45, 2.75) is 6.61 Å². The van der Waals surface area contributed by atoms with Gasteiger partial charge in [-0.25, -0.2) is 19.2 Å². The second-order valence-corrected chi connectivity index (χ2v) is 6.11. The number of amides is 1. The molecule has 0 saturated carbocycles. The van der Waals surface area contributed by atoms with Crippen molar-refractivity contribution in [3.8, 4) is 11.1 Å². The van der Waals surface area contributed by atoms with Crippen molar-refractivity contribution in [1.29, 1.82) is 0 Å². The molecule has 0 atom stereocenters. The molecule has 1 aromatic heterocycles. The largest absolute Gasteiger partial charge is 0.443 e. The molecular weight excluding hydrogens is 395 g/mol. The maximum atomic E-state index is 14.9. The molecule has 162 valence electrons. The van der Waals surface area contributed by atoms with E-state index in [9.17, 15) is 9.18 Å². The van der Waals surface area contributed by atoms with Crippen LogP contribution < -0.4 is 16.4 Å². The fourth-order valence-electron chi connectivity index (χ4n) is 2.53. The van der Waals surface area contributed by atoms with Gasteiger partial charge in [0.25, 0.3) is 0 Å². The Kier molecular flexibility index (Phi) is 8.91. The zero-order chi connectivity index (χ0) is 21.9. The molecule has 2 rings (SSSR count). The fraction of sp³-hybridized carbons (Fsp3) is 0.368. The third-order valence-electron chi connectivity index (χ3n) is 4.01. The first kappa shape index (κ1) is 23.0. The number of rotatable bonds is 10. The van der Waals surface area contributed by atoms with Crippen LogP contribution in [0, 0.1) is 5.82 Å². The van der Waals surface area contributed by atoms with E-state index in [1.54, 1.807) is 26.4 Å². The first-order chi connectivity index (χ1) is 14.5. The van der Waals surface area contributed by atoms with E-state index >= 15 is 0 Å². The molecule has 2 aromatic rings. The van der Waals surface area contributed by atoms with Crippen molar-refractivity contribution < 1.29 is 23.4 Å². The van der Waals surface area contributed by atoms with E-state index in [2.05, 4.69) is 15.0 Å². The number of carbonyl (C=O) groups excluding carboxylic acids is 1. The van der Waals surface area contributed by atoms with Gasteiger partial charge >= 0.3 is 6.09 Å². The van der Waals surface area contributed by atoms with Gasteiger partial charge in [0.15, 0.2) is 5.96 Å². The van der Waals surface area contributed by atoms with Crippen LogP contribution >= 0.6 is 0 Å². The van der Waals surface area contributed by atoms with Gasteiger partial charge in [-0.3, -0.25) is 0 Å². The number of guanidine groups is 1. The molecule has 0 spiro atoms. The number of aliphatic imine (C=N–C) groups is 1. The van der Waals surface area contributed by atoms with Crippen LogP contribution in [0.25, 0.3) is 11.1 Å². The van der Waals surface area contributed by atoms with Crippen molar-refractivity contribution in [3.05, 3.63) is 42.0 Å². The van der Waals surface area contributed by atoms with Crippen LogP contribution in [0.4, 0.5) is 15.1 Å². The molecule has 0 fully saturated rings. The summed E-state index contributed by atoms with van der Waals surface area (Å²) < 4.78 is 30.0. The van der Waals surface area contributed by atoms with Crippen LogP contribution in [0.5, 0.6) is 0 Å². The number of nitrogens with two attached hydrogens (primary N) is 2. The minimum absolute atomic E-state index is 0.164. The summed E-state index contributed by atoms with van der Waals surface area (Å²) in [6.07, 6.45) is 2.06. The van der Waals surface area contributed by atoms with E-state index in [1.165, 1.54) is 18.5 Å². The molecular formula is C19H25FN6O4. The van der Waals surface area contributed by atoms with Crippen LogP contribution in [-0.2, 0) is 20.8 Å². The van der Waals surface area contributed by atoms with E-state index in [-0.39, 0.29) is 17.7 Å². The molecule has 1 amide bonds. The number of aromatic nitrogens is 2. The average molecular weight is 420 g/mol. The van der Waals surface area contributed by atoms with Gasteiger partial charge in [0.05, 0.1) is 13.2 Å². The predicted molar refractivity (Wildman–Crippen MR) is 109 cm³/mol. The lowest BCUT2D eigenvalue weighted by Gasteiger charge is -2.21. The number of hydrogen-bond acceptors (Lipinski definition) is 7. The summed E-state index contributed by atoms with van der Waals surface area (Å²) in [4.78, 5) is 25.2. The van der Waals surface area contributed by atoms with Gasteiger partial charge in [-0.2, -0.15) is 0 Å². The molecule has 10 nitrogen and oxygen atoms in total. The highest BCUT2D eigenvalue weighted by Crippen LogP contribution is 2.25. The monoisotopic (exact) mass is 420 g/mol. The molecule has 11 heteroatoms. The van der Waals surface area contributed by atoms with Gasteiger partial charge < -0.3 is 30.6 Å². The number of carbonyl (C=O) groups is 1. The lowest BCUT2D eigenvalue weighted by Crippen LogP contribution is -2.32. The first-order valence-electron chi connectivity index (χ1n) is 9.05. The number of anilines is 1. The van der Waals surface area contributed by atoms with Gasteiger partial charge in [-0.1, -0.05) is 18.2 Å². The topological polar surface area (TPSA) is 138 Å². The lowest BCUT2D eigenvalue weighted by atomic mass is 10.1. The van der Waals surface area contributed by atoms with E-state index < -0.39 is 17.9 Å². The average Bonchev–Trinajstić information content (AvgIpc) is 2.73. The summed E-state index contributed by atoms with van der Waals surface area (Å²) in [5.74, 6) is -0.506. The molecule has 0 unspecified atom stereocenters. The van der Waals surface area contributed by atoms with Gasteiger partial charge in [0.1, 0.15) is 12.4 Å². The minimum Gasteiger partial charge on any atom is -0.443 e. The number of nitrogens with zero attached hydrogens (tertiary/aromatic N) is 4. The highest BCUT2D eigenvalue weighted by molar-refractivity contribution is 5.87. The highest BCUT2D eigenvalue weighted by Gasteiger charge is 2.14. The first-order valence-corrected chi connectivity index (χ1v) is 9.05. The summed E-state index contributed by atoms with van der Waals surface area (Å²) in [5.41, 5.74) is 11.1. The summed E-state index contributed by atoms with van der Waals surface area (Å²) in [6.45, 7) is 1.86. The molecule has 0 radical (unpaired) electrons. The molecule has 0 aliphatic rings. The zero-order valence-corrected chi connectivity index (χ0v) is 16.9. The molecule has 1 aromatic carbocycles. The Balaban J connectivity index is 2.17. The molecule has 4 N–H and O–H groups in total. The van der Waals surface area contributed by atoms with Crippen molar-refractivity contribution in [2.75, 3.05) is 45.4 Å². The summed E-state index contributed by atoms with van der Waals surface area (Å²) in [5, 5.41) is 0. The Morgan fingerprint density at radius 1 is 1.13 bits per heavy atom. The van der Waals surface area contributed by atoms with Crippen molar-refractivity contribution in [3.63, 3.8) is 0 Å². The van der Waals surface area contributed by atoms with E-state index in [4.69, 9.17) is 25.7 Å². The quantitative estimate of drug-likeness (QED) is 0.430. The maximum Gasteiger partial charge on any atom is 0.437 e. The van der Waals surface area contributed by atoms with Crippen LogP contribution in [0.2, 0.25) is 0 Å². The number of ether oxygens (including phenoxy) is 3. The van der Waals surface area contributed by atoms with Crippen LogP contribution in [0.1, 0.15) is 5.56 Å². The van der Waals surface area contributed by atoms with Crippen LogP contribution in [0.15, 0.2) is 35.6 Å². The summed E-state index contributed by atoms with van der Waals surface area (Å²) in [6, 6.07) is 4.72. The molecule has 30 heavy (non-hydrogen) atoms. The minimum atomic E-state index is -1.00. The second kappa shape index (κ2) is 11.6. The Bertz CT molecular complexity index is 851. The van der Waals surface area contributed by atoms with Crippen molar-refractivity contribution >= 4 is 18.0 Å². The Morgan fingerprint density at radius 2 is 1.77 bits per heavy atom. The third-order valence-corrected chi connectivity index (χ3v) is 4.01. The van der Waals surface area contributed by atoms with E-state index in [0.717, 1.165) is 0 Å².